The molecule has 120 valence electrons. The van der Waals surface area contributed by atoms with Crippen LogP contribution in [0.5, 0.6) is 0 Å². The number of halogens is 3. The van der Waals surface area contributed by atoms with E-state index in [-0.39, 0.29) is 0 Å². The lowest BCUT2D eigenvalue weighted by Crippen LogP contribution is -2.34. The van der Waals surface area contributed by atoms with E-state index in [0.29, 0.717) is 19.5 Å². The van der Waals surface area contributed by atoms with Gasteiger partial charge in [0.15, 0.2) is 0 Å². The fourth-order valence-corrected chi connectivity index (χ4v) is 2.29. The van der Waals surface area contributed by atoms with Gasteiger partial charge in [-0.1, -0.05) is 38.1 Å². The van der Waals surface area contributed by atoms with Gasteiger partial charge in [0.25, 0.3) is 0 Å². The number of alkyl halides is 3. The molecule has 1 aromatic rings. The van der Waals surface area contributed by atoms with Crippen LogP contribution in [0.4, 0.5) is 13.2 Å². The molecule has 1 aromatic carbocycles. The first-order chi connectivity index (χ1) is 9.94. The number of nitrogens with one attached hydrogen (secondary N) is 1. The van der Waals surface area contributed by atoms with Crippen LogP contribution in [0.2, 0.25) is 0 Å². The highest BCUT2D eigenvalue weighted by Gasteiger charge is 2.30. The summed E-state index contributed by atoms with van der Waals surface area (Å²) in [6.07, 6.45) is -2.36. The van der Waals surface area contributed by atoms with Crippen molar-refractivity contribution < 1.29 is 13.2 Å². The van der Waals surface area contributed by atoms with Crippen molar-refractivity contribution in [2.24, 2.45) is 0 Å². The van der Waals surface area contributed by atoms with Crippen molar-refractivity contribution in [3.05, 3.63) is 35.4 Å². The van der Waals surface area contributed by atoms with Gasteiger partial charge in [0.2, 0.25) is 0 Å². The lowest BCUT2D eigenvalue weighted by Gasteiger charge is -2.23. The molecule has 0 heterocycles. The minimum Gasteiger partial charge on any atom is -0.313 e. The second-order valence-corrected chi connectivity index (χ2v) is 5.32. The molecule has 0 amide bonds. The van der Waals surface area contributed by atoms with Gasteiger partial charge in [0.1, 0.15) is 0 Å². The Morgan fingerprint density at radius 2 is 1.81 bits per heavy atom. The van der Waals surface area contributed by atoms with Gasteiger partial charge < -0.3 is 5.32 Å². The normalized spacial score (nSPS) is 12.1. The molecule has 0 atom stereocenters. The molecule has 1 N–H and O–H groups in total. The van der Waals surface area contributed by atoms with Crippen LogP contribution in [0.15, 0.2) is 24.3 Å². The van der Waals surface area contributed by atoms with Crippen molar-refractivity contribution >= 4 is 0 Å². The van der Waals surface area contributed by atoms with Gasteiger partial charge >= 0.3 is 6.18 Å². The second kappa shape index (κ2) is 9.05. The van der Waals surface area contributed by atoms with Crippen LogP contribution in [-0.2, 0) is 13.1 Å². The predicted molar refractivity (Wildman–Crippen MR) is 80.1 cm³/mol. The Labute approximate surface area is 125 Å². The Morgan fingerprint density at radius 3 is 2.43 bits per heavy atom. The average Bonchev–Trinajstić information content (AvgIpc) is 2.38. The summed E-state index contributed by atoms with van der Waals surface area (Å²) in [5.74, 6) is 0. The number of benzene rings is 1. The topological polar surface area (TPSA) is 15.3 Å². The molecule has 0 radical (unpaired) electrons. The Hall–Kier alpha value is -1.07. The smallest absolute Gasteiger partial charge is 0.313 e. The highest BCUT2D eigenvalue weighted by molar-refractivity contribution is 5.23. The van der Waals surface area contributed by atoms with E-state index in [2.05, 4.69) is 12.2 Å². The molecule has 0 spiro atoms. The third kappa shape index (κ3) is 8.07. The Morgan fingerprint density at radius 1 is 1.10 bits per heavy atom. The molecule has 0 aliphatic heterocycles. The third-order valence-corrected chi connectivity index (χ3v) is 3.10. The van der Waals surface area contributed by atoms with Gasteiger partial charge in [0, 0.05) is 13.1 Å². The van der Waals surface area contributed by atoms with E-state index in [9.17, 15) is 13.2 Å². The molecule has 0 saturated carbocycles. The van der Waals surface area contributed by atoms with Gasteiger partial charge in [-0.15, -0.1) is 0 Å². The molecule has 0 saturated heterocycles. The summed E-state index contributed by atoms with van der Waals surface area (Å²) < 4.78 is 37.7. The molecule has 21 heavy (non-hydrogen) atoms. The monoisotopic (exact) mass is 302 g/mol. The first-order valence-electron chi connectivity index (χ1n) is 7.52. The predicted octanol–water partition coefficient (Wildman–Crippen LogP) is 3.96. The van der Waals surface area contributed by atoms with E-state index in [1.54, 1.807) is 0 Å². The summed E-state index contributed by atoms with van der Waals surface area (Å²) in [7, 11) is 0. The molecule has 2 nitrogen and oxygen atoms in total. The first kappa shape index (κ1) is 18.0. The molecular formula is C16H25F3N2. The maximum absolute atomic E-state index is 12.6. The van der Waals surface area contributed by atoms with Gasteiger partial charge in [-0.25, -0.2) is 0 Å². The summed E-state index contributed by atoms with van der Waals surface area (Å²) >= 11 is 0. The molecule has 0 bridgehead atoms. The van der Waals surface area contributed by atoms with Crippen molar-refractivity contribution in [2.75, 3.05) is 19.6 Å². The zero-order valence-electron chi connectivity index (χ0n) is 12.8. The van der Waals surface area contributed by atoms with E-state index in [1.165, 1.54) is 4.90 Å². The molecule has 0 unspecified atom stereocenters. The van der Waals surface area contributed by atoms with Crippen LogP contribution in [0.1, 0.15) is 37.8 Å². The van der Waals surface area contributed by atoms with Crippen LogP contribution in [0.3, 0.4) is 0 Å². The van der Waals surface area contributed by atoms with E-state index < -0.39 is 12.7 Å². The van der Waals surface area contributed by atoms with E-state index in [0.717, 1.165) is 30.6 Å². The summed E-state index contributed by atoms with van der Waals surface area (Å²) in [6.45, 7) is 5.65. The second-order valence-electron chi connectivity index (χ2n) is 5.32. The van der Waals surface area contributed by atoms with Crippen LogP contribution in [0, 0.1) is 0 Å². The van der Waals surface area contributed by atoms with Gasteiger partial charge in [0.05, 0.1) is 6.54 Å². The lowest BCUT2D eigenvalue weighted by molar-refractivity contribution is -0.147. The largest absolute Gasteiger partial charge is 0.401 e. The van der Waals surface area contributed by atoms with Crippen LogP contribution in [-0.4, -0.2) is 30.7 Å². The van der Waals surface area contributed by atoms with Gasteiger partial charge in [-0.2, -0.15) is 13.2 Å². The van der Waals surface area contributed by atoms with Crippen molar-refractivity contribution in [3.63, 3.8) is 0 Å². The minimum atomic E-state index is -4.14. The fraction of sp³-hybridized carbons (Fsp3) is 0.625. The number of rotatable bonds is 9. The number of hydrogen-bond acceptors (Lipinski definition) is 2. The maximum atomic E-state index is 12.6. The average molecular weight is 302 g/mol. The Kier molecular flexibility index (Phi) is 7.75. The SMILES string of the molecule is CCCNCc1cccc(CN(CCC)CC(F)(F)F)c1. The van der Waals surface area contributed by atoms with Crippen LogP contribution < -0.4 is 5.32 Å². The molecule has 0 aromatic heterocycles. The van der Waals surface area contributed by atoms with E-state index >= 15 is 0 Å². The molecule has 0 fully saturated rings. The number of nitrogens with zero attached hydrogens (tertiary/aromatic N) is 1. The lowest BCUT2D eigenvalue weighted by atomic mass is 10.1. The number of hydrogen-bond donors (Lipinski definition) is 1. The third-order valence-electron chi connectivity index (χ3n) is 3.10. The summed E-state index contributed by atoms with van der Waals surface area (Å²) in [4.78, 5) is 1.46. The highest BCUT2D eigenvalue weighted by Crippen LogP contribution is 2.18. The molecule has 5 heteroatoms. The maximum Gasteiger partial charge on any atom is 0.401 e. The van der Waals surface area contributed by atoms with Gasteiger partial charge in [-0.05, 0) is 37.1 Å². The van der Waals surface area contributed by atoms with Crippen molar-refractivity contribution in [1.82, 2.24) is 10.2 Å². The zero-order valence-corrected chi connectivity index (χ0v) is 12.8. The molecule has 0 aliphatic carbocycles. The van der Waals surface area contributed by atoms with Crippen molar-refractivity contribution in [3.8, 4) is 0 Å². The summed E-state index contributed by atoms with van der Waals surface area (Å²) in [6, 6.07) is 7.79. The standard InChI is InChI=1S/C16H25F3N2/c1-3-8-20-11-14-6-5-7-15(10-14)12-21(9-4-2)13-16(17,18)19/h5-7,10,20H,3-4,8-9,11-13H2,1-2H3. The van der Waals surface area contributed by atoms with Crippen LogP contribution in [0.25, 0.3) is 0 Å². The van der Waals surface area contributed by atoms with Crippen molar-refractivity contribution in [1.29, 1.82) is 0 Å². The minimum absolute atomic E-state index is 0.342. The first-order valence-corrected chi connectivity index (χ1v) is 7.52. The van der Waals surface area contributed by atoms with Crippen molar-refractivity contribution in [2.45, 2.75) is 46.0 Å². The summed E-state index contributed by atoms with van der Waals surface area (Å²) in [5, 5.41) is 3.30. The Bertz CT molecular complexity index is 405. The zero-order chi connectivity index (χ0) is 15.7. The highest BCUT2D eigenvalue weighted by atomic mass is 19.4. The fourth-order valence-electron chi connectivity index (χ4n) is 2.29. The van der Waals surface area contributed by atoms with E-state index in [4.69, 9.17) is 0 Å². The van der Waals surface area contributed by atoms with E-state index in [1.807, 2.05) is 31.2 Å². The summed E-state index contributed by atoms with van der Waals surface area (Å²) in [5.41, 5.74) is 2.05. The van der Waals surface area contributed by atoms with Gasteiger partial charge in [-0.3, -0.25) is 4.90 Å². The molecule has 1 rings (SSSR count). The van der Waals surface area contributed by atoms with Crippen LogP contribution >= 0.6 is 0 Å². The molecule has 0 aliphatic rings. The molecular weight excluding hydrogens is 277 g/mol. The Balaban J connectivity index is 2.63. The quantitative estimate of drug-likeness (QED) is 0.695.